The topological polar surface area (TPSA) is 99.1 Å². The molecule has 0 aromatic carbocycles. The lowest BCUT2D eigenvalue weighted by Crippen LogP contribution is -2.28. The summed E-state index contributed by atoms with van der Waals surface area (Å²) in [6, 6.07) is 0. The molecule has 0 radical (unpaired) electrons. The van der Waals surface area contributed by atoms with Crippen LogP contribution in [0, 0.1) is 0 Å². The third-order valence-electron chi connectivity index (χ3n) is 4.92. The standard InChI is InChI=1S/C20H22O7/c1-4-11(3)18(22)26-16-8-12-7-13(25-19(12)23)5-10(2)6-15-17(16)14(9-21)20(24)27-15/h4,6-7,13,15-16,21H,5,8-9H2,1-3H3/b10-6-,11-4-/t13-,15-,16+/m1/s1. The van der Waals surface area contributed by atoms with Crippen molar-refractivity contribution >= 4 is 17.9 Å². The number of ether oxygens (including phenoxy) is 3. The highest BCUT2D eigenvalue weighted by atomic mass is 16.6. The summed E-state index contributed by atoms with van der Waals surface area (Å²) >= 11 is 0. The average Bonchev–Trinajstić information content (AvgIpc) is 3.11. The monoisotopic (exact) mass is 374 g/mol. The van der Waals surface area contributed by atoms with E-state index < -0.39 is 42.8 Å². The summed E-state index contributed by atoms with van der Waals surface area (Å²) < 4.78 is 16.4. The van der Waals surface area contributed by atoms with Gasteiger partial charge in [0.1, 0.15) is 18.3 Å². The molecule has 2 bridgehead atoms. The predicted molar refractivity (Wildman–Crippen MR) is 94.3 cm³/mol. The summed E-state index contributed by atoms with van der Waals surface area (Å²) in [5.74, 6) is -1.68. The number of rotatable bonds is 3. The van der Waals surface area contributed by atoms with Crippen LogP contribution in [0.3, 0.4) is 0 Å². The van der Waals surface area contributed by atoms with Crippen LogP contribution in [0.5, 0.6) is 0 Å². The van der Waals surface area contributed by atoms with Gasteiger partial charge in [0.15, 0.2) is 0 Å². The Morgan fingerprint density at radius 2 is 2.00 bits per heavy atom. The molecule has 2 heterocycles. The Morgan fingerprint density at radius 3 is 2.67 bits per heavy atom. The summed E-state index contributed by atoms with van der Waals surface area (Å²) in [5.41, 5.74) is 2.07. The fourth-order valence-electron chi connectivity index (χ4n) is 3.39. The number of aliphatic hydroxyl groups excluding tert-OH is 1. The molecule has 144 valence electrons. The van der Waals surface area contributed by atoms with Gasteiger partial charge in [-0.2, -0.15) is 0 Å². The number of esters is 3. The second-order valence-electron chi connectivity index (χ2n) is 6.84. The van der Waals surface area contributed by atoms with Crippen LogP contribution in [0.15, 0.2) is 46.1 Å². The van der Waals surface area contributed by atoms with E-state index in [0.717, 1.165) is 5.57 Å². The molecule has 0 aromatic rings. The molecule has 0 fully saturated rings. The Morgan fingerprint density at radius 1 is 1.26 bits per heavy atom. The second-order valence-corrected chi connectivity index (χ2v) is 6.84. The minimum absolute atomic E-state index is 0.0525. The molecule has 7 heteroatoms. The van der Waals surface area contributed by atoms with Crippen LogP contribution < -0.4 is 0 Å². The number of carbonyl (C=O) groups excluding carboxylic acids is 3. The first-order valence-corrected chi connectivity index (χ1v) is 8.81. The molecule has 0 saturated heterocycles. The van der Waals surface area contributed by atoms with E-state index in [-0.39, 0.29) is 12.0 Å². The van der Waals surface area contributed by atoms with E-state index >= 15 is 0 Å². The Labute approximate surface area is 157 Å². The van der Waals surface area contributed by atoms with Crippen molar-refractivity contribution in [2.24, 2.45) is 0 Å². The Hall–Kier alpha value is -2.67. The van der Waals surface area contributed by atoms with Gasteiger partial charge in [-0.15, -0.1) is 0 Å². The van der Waals surface area contributed by atoms with E-state index in [1.54, 1.807) is 32.1 Å². The normalized spacial score (nSPS) is 30.1. The minimum Gasteiger partial charge on any atom is -0.454 e. The van der Waals surface area contributed by atoms with Gasteiger partial charge in [0.05, 0.1) is 12.2 Å². The first-order chi connectivity index (χ1) is 12.8. The highest BCUT2D eigenvalue weighted by molar-refractivity contribution is 5.95. The molecule has 2 aliphatic heterocycles. The molecule has 1 aliphatic carbocycles. The lowest BCUT2D eigenvalue weighted by molar-refractivity contribution is -0.145. The quantitative estimate of drug-likeness (QED) is 0.347. The zero-order chi connectivity index (χ0) is 19.7. The number of carbonyl (C=O) groups is 3. The van der Waals surface area contributed by atoms with Crippen molar-refractivity contribution in [3.63, 3.8) is 0 Å². The van der Waals surface area contributed by atoms with Gasteiger partial charge >= 0.3 is 17.9 Å². The molecule has 3 rings (SSSR count). The van der Waals surface area contributed by atoms with Crippen LogP contribution in [0.1, 0.15) is 33.6 Å². The second kappa shape index (κ2) is 7.52. The molecule has 0 spiro atoms. The lowest BCUT2D eigenvalue weighted by atomic mass is 9.91. The predicted octanol–water partition coefficient (Wildman–Crippen LogP) is 1.67. The Bertz CT molecular complexity index is 812. The van der Waals surface area contributed by atoms with Gasteiger partial charge in [0.25, 0.3) is 0 Å². The highest BCUT2D eigenvalue weighted by Gasteiger charge is 2.41. The van der Waals surface area contributed by atoms with Crippen molar-refractivity contribution in [3.8, 4) is 0 Å². The summed E-state index contributed by atoms with van der Waals surface area (Å²) in [5, 5.41) is 9.68. The maximum absolute atomic E-state index is 12.4. The van der Waals surface area contributed by atoms with Crippen molar-refractivity contribution in [1.29, 1.82) is 0 Å². The fourth-order valence-corrected chi connectivity index (χ4v) is 3.39. The largest absolute Gasteiger partial charge is 0.454 e. The number of allylic oxidation sites excluding steroid dienone is 1. The van der Waals surface area contributed by atoms with E-state index in [0.29, 0.717) is 23.1 Å². The summed E-state index contributed by atoms with van der Waals surface area (Å²) in [6.45, 7) is 4.62. The molecule has 0 aromatic heterocycles. The molecule has 0 unspecified atom stereocenters. The van der Waals surface area contributed by atoms with Crippen LogP contribution in [0.25, 0.3) is 0 Å². The van der Waals surface area contributed by atoms with Gasteiger partial charge in [-0.05, 0) is 32.9 Å². The van der Waals surface area contributed by atoms with Gasteiger partial charge in [0.2, 0.25) is 0 Å². The van der Waals surface area contributed by atoms with E-state index in [2.05, 4.69) is 0 Å². The molecule has 1 N–H and O–H groups in total. The molecule has 3 aliphatic rings. The van der Waals surface area contributed by atoms with Crippen molar-refractivity contribution in [3.05, 3.63) is 46.1 Å². The Kier molecular flexibility index (Phi) is 5.32. The van der Waals surface area contributed by atoms with Gasteiger partial charge in [-0.3, -0.25) is 0 Å². The highest BCUT2D eigenvalue weighted by Crippen LogP contribution is 2.35. The van der Waals surface area contributed by atoms with Gasteiger partial charge in [-0.1, -0.05) is 11.6 Å². The van der Waals surface area contributed by atoms with Crippen LogP contribution in [-0.4, -0.2) is 47.9 Å². The Balaban J connectivity index is 2.07. The summed E-state index contributed by atoms with van der Waals surface area (Å²) in [7, 11) is 0. The van der Waals surface area contributed by atoms with Crippen LogP contribution >= 0.6 is 0 Å². The van der Waals surface area contributed by atoms with Crippen molar-refractivity contribution in [1.82, 2.24) is 0 Å². The van der Waals surface area contributed by atoms with Crippen molar-refractivity contribution in [2.75, 3.05) is 6.61 Å². The molecule has 3 atom stereocenters. The summed E-state index contributed by atoms with van der Waals surface area (Å²) in [6.07, 6.45) is 3.54. The van der Waals surface area contributed by atoms with Gasteiger partial charge in [0, 0.05) is 29.6 Å². The number of aliphatic hydroxyl groups is 1. The molecule has 0 saturated carbocycles. The smallest absolute Gasteiger partial charge is 0.337 e. The average molecular weight is 374 g/mol. The molecular weight excluding hydrogens is 352 g/mol. The molecule has 27 heavy (non-hydrogen) atoms. The number of hydrogen-bond donors (Lipinski definition) is 1. The lowest BCUT2D eigenvalue weighted by Gasteiger charge is -2.23. The third kappa shape index (κ3) is 3.73. The van der Waals surface area contributed by atoms with Crippen molar-refractivity contribution in [2.45, 2.75) is 51.9 Å². The van der Waals surface area contributed by atoms with Crippen LogP contribution in [-0.2, 0) is 28.6 Å². The number of fused-ring (bicyclic) bond motifs is 2. The number of hydrogen-bond acceptors (Lipinski definition) is 7. The van der Waals surface area contributed by atoms with Crippen LogP contribution in [0.4, 0.5) is 0 Å². The van der Waals surface area contributed by atoms with E-state index in [1.807, 2.05) is 6.92 Å². The molecular formula is C20H22O7. The van der Waals surface area contributed by atoms with Gasteiger partial charge in [-0.25, -0.2) is 14.4 Å². The maximum atomic E-state index is 12.4. The molecule has 7 nitrogen and oxygen atoms in total. The van der Waals surface area contributed by atoms with E-state index in [4.69, 9.17) is 14.2 Å². The zero-order valence-electron chi connectivity index (χ0n) is 15.5. The van der Waals surface area contributed by atoms with Crippen LogP contribution in [0.2, 0.25) is 0 Å². The first-order valence-electron chi connectivity index (χ1n) is 8.81. The zero-order valence-corrected chi connectivity index (χ0v) is 15.5. The fraction of sp³-hybridized carbons (Fsp3) is 0.450. The third-order valence-corrected chi connectivity index (χ3v) is 4.92. The minimum atomic E-state index is -0.925. The first kappa shape index (κ1) is 19.1. The van der Waals surface area contributed by atoms with E-state index in [9.17, 15) is 19.5 Å². The van der Waals surface area contributed by atoms with Gasteiger partial charge < -0.3 is 19.3 Å². The van der Waals surface area contributed by atoms with Crippen molar-refractivity contribution < 1.29 is 33.7 Å². The molecule has 0 amide bonds. The maximum Gasteiger partial charge on any atom is 0.337 e. The van der Waals surface area contributed by atoms with E-state index in [1.165, 1.54) is 0 Å². The SMILES string of the molecule is C/C=C(/C)C(=O)O[C@H]1CC2=C[C@@H](C/C(C)=C\[C@H]3OC(=O)C(CO)=C13)OC2=O. The summed E-state index contributed by atoms with van der Waals surface area (Å²) in [4.78, 5) is 36.7.